The molecule has 2 unspecified atom stereocenters. The Balaban J connectivity index is 1.02. The molecule has 5 rings (SSSR count). The smallest absolute Gasteiger partial charge is 0.326 e. The van der Waals surface area contributed by atoms with E-state index in [-0.39, 0.29) is 72.5 Å². The van der Waals surface area contributed by atoms with Gasteiger partial charge in [0.25, 0.3) is 11.8 Å². The Bertz CT molecular complexity index is 2470. The molecular formula is C54H72F3N7O10S. The van der Waals surface area contributed by atoms with Crippen molar-refractivity contribution in [2.45, 2.75) is 159 Å². The number of hydrogen-bond acceptors (Lipinski definition) is 10. The van der Waals surface area contributed by atoms with Crippen LogP contribution >= 0.6 is 11.3 Å². The van der Waals surface area contributed by atoms with Crippen molar-refractivity contribution in [2.75, 3.05) is 32.8 Å². The second-order valence-electron chi connectivity index (χ2n) is 19.6. The second-order valence-corrected chi connectivity index (χ2v) is 20.5. The molecule has 0 saturated carbocycles. The summed E-state index contributed by atoms with van der Waals surface area (Å²) in [6.45, 7) is -0.417. The Morgan fingerprint density at radius 2 is 1.39 bits per heavy atom. The molecule has 1 aromatic heterocycles. The van der Waals surface area contributed by atoms with E-state index in [9.17, 15) is 38.7 Å². The predicted molar refractivity (Wildman–Crippen MR) is 277 cm³/mol. The van der Waals surface area contributed by atoms with Crippen LogP contribution in [0, 0.1) is 5.41 Å². The minimum absolute atomic E-state index is 0.00617. The Kier molecular flexibility index (Phi) is 23.1. The molecule has 21 heteroatoms. The van der Waals surface area contributed by atoms with E-state index in [1.165, 1.54) is 67.4 Å². The zero-order valence-electron chi connectivity index (χ0n) is 42.6. The van der Waals surface area contributed by atoms with Crippen molar-refractivity contribution >= 4 is 58.6 Å². The highest BCUT2D eigenvalue weighted by molar-refractivity contribution is 7.10. The number of carboxylic acids is 2. The van der Waals surface area contributed by atoms with Crippen LogP contribution in [0.2, 0.25) is 0 Å². The zero-order valence-corrected chi connectivity index (χ0v) is 43.4. The molecule has 1 fully saturated rings. The average Bonchev–Trinajstić information content (AvgIpc) is 4.08. The zero-order chi connectivity index (χ0) is 54.5. The van der Waals surface area contributed by atoms with Crippen LogP contribution in [0.1, 0.15) is 167 Å². The number of ether oxygens (including phenoxy) is 1. The number of amidine groups is 1. The van der Waals surface area contributed by atoms with Crippen LogP contribution < -0.4 is 27.0 Å². The van der Waals surface area contributed by atoms with E-state index in [1.54, 1.807) is 24.4 Å². The lowest BCUT2D eigenvalue weighted by Gasteiger charge is -2.25. The summed E-state index contributed by atoms with van der Waals surface area (Å²) >= 11 is 1.25. The summed E-state index contributed by atoms with van der Waals surface area (Å²) in [5, 5.41) is 38.1. The molecule has 410 valence electrons. The number of hydrogen-bond donors (Lipinski definition) is 8. The van der Waals surface area contributed by atoms with Crippen LogP contribution in [0.15, 0.2) is 53.9 Å². The number of carbonyl (C=O) groups is 7. The molecule has 1 saturated heterocycles. The van der Waals surface area contributed by atoms with Crippen LogP contribution in [0.4, 0.5) is 13.2 Å². The first kappa shape index (κ1) is 59.5. The number of fused-ring (bicyclic) bond motifs is 3. The standard InChI is InChI=1S/C54H72F3N7O10S/c1-35(44-29-37(32-75-44)49(58)59)62-51(71)43-30-53(55,33-64(43)47(67)31-61-50(70)36-22-23-41-39(28-36)38-18-16-17-19-40(38)54(41,56)57)34-74-27-26-60-45(65)25-24-42(52(72)73)63-46(66)20-14-12-10-8-6-4-2-3-5-7-9-11-13-15-21-48(68)69/h16-19,22-23,28-29,32,35,42-43H,2-15,20-21,24-27,30-31,33-34H2,1H3,(H3,58,59)(H,60,65)(H,61,70)(H,62,71)(H,63,66)(H,68,69)(H,72,73)/t35?,42?,43-,53+/m0/s1. The minimum atomic E-state index is -3.26. The number of carbonyl (C=O) groups excluding carboxylic acids is 5. The van der Waals surface area contributed by atoms with E-state index in [2.05, 4.69) is 21.3 Å². The van der Waals surface area contributed by atoms with Gasteiger partial charge < -0.3 is 46.9 Å². The molecule has 0 radical (unpaired) electrons. The molecule has 3 aromatic rings. The highest BCUT2D eigenvalue weighted by atomic mass is 32.1. The Hall–Kier alpha value is -6.35. The number of likely N-dealkylation sites (tertiary alicyclic amines) is 1. The van der Waals surface area contributed by atoms with Crippen LogP contribution in [0.25, 0.3) is 11.1 Å². The van der Waals surface area contributed by atoms with Gasteiger partial charge >= 0.3 is 11.9 Å². The quantitative estimate of drug-likeness (QED) is 0.0162. The molecule has 1 aliphatic heterocycles. The Labute approximate surface area is 439 Å². The van der Waals surface area contributed by atoms with Crippen molar-refractivity contribution in [2.24, 2.45) is 5.73 Å². The topological polar surface area (TPSA) is 270 Å². The van der Waals surface area contributed by atoms with E-state index >= 15 is 13.2 Å². The van der Waals surface area contributed by atoms with Gasteiger partial charge in [-0.15, -0.1) is 11.3 Å². The minimum Gasteiger partial charge on any atom is -0.481 e. The van der Waals surface area contributed by atoms with Crippen LogP contribution in [0.5, 0.6) is 0 Å². The van der Waals surface area contributed by atoms with Gasteiger partial charge in [-0.3, -0.25) is 34.2 Å². The monoisotopic (exact) mass is 1070 g/mol. The summed E-state index contributed by atoms with van der Waals surface area (Å²) < 4.78 is 52.5. The van der Waals surface area contributed by atoms with Crippen molar-refractivity contribution < 1.29 is 61.7 Å². The maximum atomic E-state index is 16.6. The van der Waals surface area contributed by atoms with Crippen molar-refractivity contribution in [1.29, 1.82) is 5.41 Å². The van der Waals surface area contributed by atoms with Crippen molar-refractivity contribution in [3.05, 3.63) is 81.0 Å². The van der Waals surface area contributed by atoms with Gasteiger partial charge in [0.2, 0.25) is 23.6 Å². The van der Waals surface area contributed by atoms with Gasteiger partial charge in [-0.25, -0.2) is 9.18 Å². The summed E-state index contributed by atoms with van der Waals surface area (Å²) in [5.41, 5.74) is 3.82. The number of nitrogens with one attached hydrogen (secondary N) is 5. The van der Waals surface area contributed by atoms with Crippen molar-refractivity contribution in [3.63, 3.8) is 0 Å². The van der Waals surface area contributed by atoms with E-state index < -0.39 is 97.3 Å². The largest absolute Gasteiger partial charge is 0.481 e. The van der Waals surface area contributed by atoms with Crippen molar-refractivity contribution in [3.8, 4) is 11.1 Å². The third-order valence-electron chi connectivity index (χ3n) is 13.6. The number of unbranched alkanes of at least 4 members (excludes halogenated alkanes) is 13. The fourth-order valence-corrected chi connectivity index (χ4v) is 10.3. The molecule has 2 heterocycles. The molecule has 2 aliphatic rings. The summed E-state index contributed by atoms with van der Waals surface area (Å²) in [6, 6.07) is 8.07. The van der Waals surface area contributed by atoms with Gasteiger partial charge in [0.15, 0.2) is 5.67 Å². The number of alkyl halides is 3. The number of rotatable bonds is 34. The fraction of sp³-hybridized carbons (Fsp3) is 0.556. The number of nitrogen functional groups attached to an aromatic ring is 1. The molecule has 9 N–H and O–H groups in total. The molecule has 0 spiro atoms. The van der Waals surface area contributed by atoms with Gasteiger partial charge in [-0.1, -0.05) is 107 Å². The first-order chi connectivity index (χ1) is 35.8. The summed E-state index contributed by atoms with van der Waals surface area (Å²) in [4.78, 5) is 90.1. The third-order valence-corrected chi connectivity index (χ3v) is 14.7. The van der Waals surface area contributed by atoms with Gasteiger partial charge in [-0.05, 0) is 55.5 Å². The average molecular weight is 1070 g/mol. The van der Waals surface area contributed by atoms with E-state index in [4.69, 9.17) is 21.0 Å². The van der Waals surface area contributed by atoms with Crippen LogP contribution in [-0.2, 0) is 39.4 Å². The highest BCUT2D eigenvalue weighted by Crippen LogP contribution is 2.51. The molecule has 17 nitrogen and oxygen atoms in total. The fourth-order valence-electron chi connectivity index (χ4n) is 9.41. The summed E-state index contributed by atoms with van der Waals surface area (Å²) in [6.07, 6.45) is 14.0. The number of benzene rings is 2. The lowest BCUT2D eigenvalue weighted by Crippen LogP contribution is -2.49. The van der Waals surface area contributed by atoms with E-state index in [0.29, 0.717) is 16.9 Å². The SMILES string of the molecule is CC(NC(=O)[C@@H]1C[C@](F)(COCCNC(=O)CCC(NC(=O)CCCCCCCCCCCCCCCCC(=O)O)C(=O)O)CN1C(=O)CNC(=O)c1ccc2c(c1)-c1ccccc1C2(F)F)c1cc(C(=N)N)cs1. The number of halogens is 3. The first-order valence-electron chi connectivity index (χ1n) is 26.0. The maximum absolute atomic E-state index is 16.6. The molecule has 5 amide bonds. The molecular weight excluding hydrogens is 996 g/mol. The Morgan fingerprint density at radius 1 is 0.773 bits per heavy atom. The number of nitrogens with two attached hydrogens (primary N) is 1. The van der Waals surface area contributed by atoms with E-state index in [0.717, 1.165) is 68.8 Å². The number of amides is 5. The molecule has 0 bridgehead atoms. The number of aliphatic carboxylic acids is 2. The first-order valence-corrected chi connectivity index (χ1v) is 26.9. The van der Waals surface area contributed by atoms with Crippen LogP contribution in [-0.4, -0.2) is 113 Å². The van der Waals surface area contributed by atoms with Gasteiger partial charge in [0.05, 0.1) is 32.3 Å². The second kappa shape index (κ2) is 29.1. The lowest BCUT2D eigenvalue weighted by atomic mass is 10.0. The number of thiophene rings is 1. The summed E-state index contributed by atoms with van der Waals surface area (Å²) in [5.74, 6) is -8.61. The molecule has 2 aromatic carbocycles. The van der Waals surface area contributed by atoms with Gasteiger partial charge in [-0.2, -0.15) is 8.78 Å². The maximum Gasteiger partial charge on any atom is 0.326 e. The van der Waals surface area contributed by atoms with Gasteiger partial charge in [0, 0.05) is 64.7 Å². The highest BCUT2D eigenvalue weighted by Gasteiger charge is 2.50. The predicted octanol–water partition coefficient (Wildman–Crippen LogP) is 7.88. The van der Waals surface area contributed by atoms with E-state index in [1.807, 2.05) is 0 Å². The molecule has 4 atom stereocenters. The van der Waals surface area contributed by atoms with Gasteiger partial charge in [0.1, 0.15) is 17.9 Å². The molecule has 1 aliphatic carbocycles. The summed E-state index contributed by atoms with van der Waals surface area (Å²) in [7, 11) is 0. The van der Waals surface area contributed by atoms with Crippen molar-refractivity contribution in [1.82, 2.24) is 26.2 Å². The third kappa shape index (κ3) is 18.2. The number of nitrogens with zero attached hydrogens (tertiary/aromatic N) is 1. The molecule has 75 heavy (non-hydrogen) atoms. The lowest BCUT2D eigenvalue weighted by molar-refractivity contribution is -0.142. The normalized spacial score (nSPS) is 17.1. The van der Waals surface area contributed by atoms with Crippen LogP contribution in [0.3, 0.4) is 0 Å². The number of carboxylic acid groups (broad SMARTS) is 2. The Morgan fingerprint density at radius 3 is 2.00 bits per heavy atom.